The van der Waals surface area contributed by atoms with Crippen molar-refractivity contribution in [3.63, 3.8) is 0 Å². The minimum Gasteiger partial charge on any atom is -0.508 e. The van der Waals surface area contributed by atoms with E-state index in [-0.39, 0.29) is 0 Å². The number of esters is 1. The molecular formula is C15H12F4N4O8S. The molecule has 0 saturated carbocycles. The molecule has 0 aliphatic carbocycles. The van der Waals surface area contributed by atoms with E-state index in [1.807, 2.05) is 0 Å². The van der Waals surface area contributed by atoms with E-state index in [0.717, 1.165) is 25.3 Å². The van der Waals surface area contributed by atoms with Crippen molar-refractivity contribution in [2.45, 2.75) is 18.1 Å². The second-order valence-corrected chi connectivity index (χ2v) is 7.01. The zero-order chi connectivity index (χ0) is 24.1. The number of anilines is 1. The van der Waals surface area contributed by atoms with Gasteiger partial charge in [-0.05, 0) is 18.2 Å². The van der Waals surface area contributed by atoms with Crippen LogP contribution in [0.2, 0.25) is 0 Å². The summed E-state index contributed by atoms with van der Waals surface area (Å²) < 4.78 is 88.1. The van der Waals surface area contributed by atoms with Crippen LogP contribution in [0.3, 0.4) is 0 Å². The lowest BCUT2D eigenvalue weighted by molar-refractivity contribution is -0.0579. The monoisotopic (exact) mass is 484 g/mol. The fraction of sp³-hybridized carbons (Fsp3) is 0.200. The molecule has 0 aliphatic rings. The topological polar surface area (TPSA) is 166 Å². The van der Waals surface area contributed by atoms with Crippen molar-refractivity contribution < 1.29 is 54.9 Å². The van der Waals surface area contributed by atoms with Crippen LogP contribution in [0.1, 0.15) is 10.4 Å². The van der Waals surface area contributed by atoms with Crippen LogP contribution in [0.25, 0.3) is 0 Å². The van der Waals surface area contributed by atoms with E-state index in [1.54, 1.807) is 5.32 Å². The van der Waals surface area contributed by atoms with Gasteiger partial charge < -0.3 is 19.3 Å². The van der Waals surface area contributed by atoms with Gasteiger partial charge in [0.25, 0.3) is 10.0 Å². The lowest BCUT2D eigenvalue weighted by atomic mass is 10.2. The quantitative estimate of drug-likeness (QED) is 0.371. The Morgan fingerprint density at radius 1 is 1.03 bits per heavy atom. The Balaban J connectivity index is 2.29. The molecule has 1 heterocycles. The maximum Gasteiger partial charge on any atom is 0.388 e. The van der Waals surface area contributed by atoms with Crippen LogP contribution in [0.4, 0.5) is 28.3 Å². The highest BCUT2D eigenvalue weighted by Gasteiger charge is 2.26. The van der Waals surface area contributed by atoms with Crippen molar-refractivity contribution in [3.8, 4) is 17.5 Å². The number of ether oxygens (including phenoxy) is 3. The summed E-state index contributed by atoms with van der Waals surface area (Å²) in [5, 5.41) is 11.2. The van der Waals surface area contributed by atoms with Gasteiger partial charge in [-0.3, -0.25) is 5.32 Å². The molecule has 17 heteroatoms. The number of carbonyl (C=O) groups is 2. The Hall–Kier alpha value is -3.89. The Kier molecular flexibility index (Phi) is 7.58. The number of phenolic OH excluding ortho intramolecular Hbond substituents is 1. The smallest absolute Gasteiger partial charge is 0.388 e. The summed E-state index contributed by atoms with van der Waals surface area (Å²) >= 11 is 0. The molecule has 2 rings (SSSR count). The fourth-order valence-corrected chi connectivity index (χ4v) is 3.17. The number of phenols is 1. The normalized spacial score (nSPS) is 11.2. The van der Waals surface area contributed by atoms with Crippen LogP contribution in [-0.4, -0.2) is 55.8 Å². The highest BCUT2D eigenvalue weighted by Crippen LogP contribution is 2.23. The van der Waals surface area contributed by atoms with E-state index in [4.69, 9.17) is 0 Å². The zero-order valence-electron chi connectivity index (χ0n) is 15.6. The number of amides is 2. The zero-order valence-corrected chi connectivity index (χ0v) is 16.4. The van der Waals surface area contributed by atoms with Gasteiger partial charge in [0, 0.05) is 0 Å². The molecule has 1 aromatic carbocycles. The van der Waals surface area contributed by atoms with E-state index in [2.05, 4.69) is 24.2 Å². The van der Waals surface area contributed by atoms with Gasteiger partial charge in [-0.25, -0.2) is 22.7 Å². The molecule has 0 atom stereocenters. The predicted molar refractivity (Wildman–Crippen MR) is 94.1 cm³/mol. The molecular weight excluding hydrogens is 472 g/mol. The lowest BCUT2D eigenvalue weighted by Crippen LogP contribution is -2.35. The van der Waals surface area contributed by atoms with Gasteiger partial charge in [-0.2, -0.15) is 27.5 Å². The standard InChI is InChI=1S/C15H12F4N4O8S/c1-29-11(25)7-4-6(24)2-3-8(7)32(27,28)23-15(26)22-14-20-9(30-12(16)17)5-10(21-14)31-13(18)19/h2-5,12-13,24H,1H3,(H2,20,21,22,23,26). The van der Waals surface area contributed by atoms with Gasteiger partial charge in [-0.1, -0.05) is 0 Å². The Bertz CT molecular complexity index is 1090. The number of halogens is 4. The van der Waals surface area contributed by atoms with Crippen molar-refractivity contribution in [1.82, 2.24) is 14.7 Å². The highest BCUT2D eigenvalue weighted by molar-refractivity contribution is 7.90. The summed E-state index contributed by atoms with van der Waals surface area (Å²) in [6.07, 6.45) is 0. The molecule has 2 amide bonds. The summed E-state index contributed by atoms with van der Waals surface area (Å²) in [5.41, 5.74) is -0.621. The number of benzene rings is 1. The molecule has 0 spiro atoms. The fourth-order valence-electron chi connectivity index (χ4n) is 2.09. The van der Waals surface area contributed by atoms with E-state index in [9.17, 15) is 40.7 Å². The average Bonchev–Trinajstić information content (AvgIpc) is 2.65. The number of nitrogens with one attached hydrogen (secondary N) is 2. The third-order valence-corrected chi connectivity index (χ3v) is 4.60. The molecule has 3 N–H and O–H groups in total. The van der Waals surface area contributed by atoms with Gasteiger partial charge in [0.15, 0.2) is 0 Å². The number of carbonyl (C=O) groups excluding carboxylic acids is 2. The van der Waals surface area contributed by atoms with Crippen LogP contribution >= 0.6 is 0 Å². The second kappa shape index (κ2) is 9.94. The summed E-state index contributed by atoms with van der Waals surface area (Å²) in [5.74, 6) is -4.53. The van der Waals surface area contributed by atoms with E-state index in [1.165, 1.54) is 4.72 Å². The minimum absolute atomic E-state index is 0.469. The Morgan fingerprint density at radius 3 is 2.09 bits per heavy atom. The maximum atomic E-state index is 12.5. The molecule has 0 fully saturated rings. The van der Waals surface area contributed by atoms with Gasteiger partial charge in [0.2, 0.25) is 17.7 Å². The number of urea groups is 1. The summed E-state index contributed by atoms with van der Waals surface area (Å²) in [4.78, 5) is 29.6. The first-order chi connectivity index (χ1) is 14.9. The van der Waals surface area contributed by atoms with Crippen molar-refractivity contribution in [2.75, 3.05) is 12.4 Å². The number of sulfonamides is 1. The second-order valence-electron chi connectivity index (χ2n) is 5.36. The molecule has 0 bridgehead atoms. The van der Waals surface area contributed by atoms with Crippen molar-refractivity contribution in [3.05, 3.63) is 29.8 Å². The van der Waals surface area contributed by atoms with Crippen LogP contribution < -0.4 is 19.5 Å². The minimum atomic E-state index is -4.77. The number of hydrogen-bond acceptors (Lipinski definition) is 10. The molecule has 1 aromatic heterocycles. The molecule has 0 saturated heterocycles. The third kappa shape index (κ3) is 6.56. The van der Waals surface area contributed by atoms with Crippen LogP contribution in [0.5, 0.6) is 17.5 Å². The van der Waals surface area contributed by atoms with Gasteiger partial charge >= 0.3 is 25.2 Å². The van der Waals surface area contributed by atoms with Gasteiger partial charge in [0.05, 0.1) is 18.7 Å². The first-order valence-electron chi connectivity index (χ1n) is 7.95. The number of aromatic hydroxyl groups is 1. The molecule has 0 unspecified atom stereocenters. The number of rotatable bonds is 8. The van der Waals surface area contributed by atoms with Crippen molar-refractivity contribution in [2.24, 2.45) is 0 Å². The number of methoxy groups -OCH3 is 1. The predicted octanol–water partition coefficient (Wildman–Crippen LogP) is 1.68. The number of alkyl halides is 4. The SMILES string of the molecule is COC(=O)c1cc(O)ccc1S(=O)(=O)NC(=O)Nc1nc(OC(F)F)cc(OC(F)F)n1. The average molecular weight is 484 g/mol. The molecule has 0 aliphatic heterocycles. The summed E-state index contributed by atoms with van der Waals surface area (Å²) in [6.45, 7) is -6.84. The largest absolute Gasteiger partial charge is 0.508 e. The first kappa shape index (κ1) is 24.4. The third-order valence-electron chi connectivity index (χ3n) is 3.21. The van der Waals surface area contributed by atoms with E-state index >= 15 is 0 Å². The summed E-state index contributed by atoms with van der Waals surface area (Å²) in [7, 11) is -3.83. The maximum absolute atomic E-state index is 12.5. The van der Waals surface area contributed by atoms with E-state index in [0.29, 0.717) is 6.07 Å². The van der Waals surface area contributed by atoms with Gasteiger partial charge in [0.1, 0.15) is 10.6 Å². The number of hydrogen-bond donors (Lipinski definition) is 3. The molecule has 0 radical (unpaired) electrons. The van der Waals surface area contributed by atoms with Crippen LogP contribution in [0.15, 0.2) is 29.2 Å². The van der Waals surface area contributed by atoms with Crippen molar-refractivity contribution >= 4 is 28.0 Å². The highest BCUT2D eigenvalue weighted by atomic mass is 32.2. The molecule has 32 heavy (non-hydrogen) atoms. The molecule has 174 valence electrons. The molecule has 2 aromatic rings. The Labute approximate surface area is 176 Å². The van der Waals surface area contributed by atoms with Crippen molar-refractivity contribution in [1.29, 1.82) is 0 Å². The van der Waals surface area contributed by atoms with E-state index < -0.39 is 69.2 Å². The lowest BCUT2D eigenvalue weighted by Gasteiger charge is -2.12. The van der Waals surface area contributed by atoms with Crippen LogP contribution in [0, 0.1) is 0 Å². The first-order valence-corrected chi connectivity index (χ1v) is 9.43. The molecule has 12 nitrogen and oxygen atoms in total. The number of aromatic nitrogens is 2. The van der Waals surface area contributed by atoms with Gasteiger partial charge in [-0.15, -0.1) is 0 Å². The Morgan fingerprint density at radius 2 is 1.59 bits per heavy atom. The van der Waals surface area contributed by atoms with Crippen LogP contribution in [-0.2, 0) is 14.8 Å². The number of nitrogens with zero attached hydrogens (tertiary/aromatic N) is 2. The summed E-state index contributed by atoms with van der Waals surface area (Å²) in [6, 6.07) is 1.35.